The van der Waals surface area contributed by atoms with Crippen LogP contribution in [0.15, 0.2) is 30.5 Å². The van der Waals surface area contributed by atoms with Gasteiger partial charge in [-0.15, -0.1) is 0 Å². The normalized spacial score (nSPS) is 17.7. The van der Waals surface area contributed by atoms with Crippen LogP contribution in [0.25, 0.3) is 0 Å². The lowest BCUT2D eigenvalue weighted by Crippen LogP contribution is -2.09. The molecule has 1 aliphatic carbocycles. The molecule has 0 atom stereocenters. The summed E-state index contributed by atoms with van der Waals surface area (Å²) in [4.78, 5) is 0. The molecule has 1 aromatic heterocycles. The number of aromatic amines is 1. The third kappa shape index (κ3) is 1.25. The van der Waals surface area contributed by atoms with Crippen molar-refractivity contribution in [2.75, 3.05) is 0 Å². The summed E-state index contributed by atoms with van der Waals surface area (Å²) >= 11 is 0. The summed E-state index contributed by atoms with van der Waals surface area (Å²) in [6.45, 7) is 0. The maximum absolute atomic E-state index is 13.1. The van der Waals surface area contributed by atoms with Crippen molar-refractivity contribution >= 4 is 0 Å². The van der Waals surface area contributed by atoms with E-state index in [9.17, 15) is 4.39 Å². The first-order chi connectivity index (χ1) is 7.31. The second kappa shape index (κ2) is 2.89. The van der Waals surface area contributed by atoms with E-state index in [0.29, 0.717) is 0 Å². The number of aromatic nitrogens is 3. The Morgan fingerprint density at radius 1 is 1.33 bits per heavy atom. The molecule has 3 rings (SSSR count). The van der Waals surface area contributed by atoms with Crippen LogP contribution in [-0.2, 0) is 5.41 Å². The fourth-order valence-electron chi connectivity index (χ4n) is 2.04. The molecule has 0 saturated heterocycles. The predicted octanol–water partition coefficient (Wildman–Crippen LogP) is 2.02. The van der Waals surface area contributed by atoms with Gasteiger partial charge in [0.15, 0.2) is 0 Å². The summed E-state index contributed by atoms with van der Waals surface area (Å²) in [5.74, 6) is -0.192. The van der Waals surface area contributed by atoms with E-state index in [1.165, 1.54) is 6.07 Å². The maximum atomic E-state index is 13.1. The lowest BCUT2D eigenvalue weighted by atomic mass is 9.93. The zero-order chi connectivity index (χ0) is 10.3. The molecule has 0 unspecified atom stereocenters. The smallest absolute Gasteiger partial charge is 0.123 e. The van der Waals surface area contributed by atoms with Crippen LogP contribution in [0.3, 0.4) is 0 Å². The highest BCUT2D eigenvalue weighted by atomic mass is 19.1. The highest BCUT2D eigenvalue weighted by Gasteiger charge is 2.48. The molecule has 0 bridgehead atoms. The van der Waals surface area contributed by atoms with Crippen molar-refractivity contribution in [3.8, 4) is 0 Å². The van der Waals surface area contributed by atoms with Gasteiger partial charge in [-0.05, 0) is 30.5 Å². The molecule has 1 heterocycles. The minimum absolute atomic E-state index is 0.0882. The van der Waals surface area contributed by atoms with Gasteiger partial charge in [-0.3, -0.25) is 0 Å². The molecule has 4 heteroatoms. The number of nitrogens with one attached hydrogen (secondary N) is 1. The lowest BCUT2D eigenvalue weighted by Gasteiger charge is -2.11. The average molecular weight is 203 g/mol. The molecule has 76 valence electrons. The molecule has 1 saturated carbocycles. The van der Waals surface area contributed by atoms with E-state index in [0.717, 1.165) is 24.1 Å². The molecular formula is C11H10FN3. The number of hydrogen-bond donors (Lipinski definition) is 1. The van der Waals surface area contributed by atoms with Crippen LogP contribution in [0, 0.1) is 5.82 Å². The van der Waals surface area contributed by atoms with Gasteiger partial charge in [-0.1, -0.05) is 12.1 Å². The second-order valence-electron chi connectivity index (χ2n) is 3.95. The fraction of sp³-hybridized carbons (Fsp3) is 0.273. The summed E-state index contributed by atoms with van der Waals surface area (Å²) in [6.07, 6.45) is 3.75. The largest absolute Gasteiger partial charge is 0.207 e. The Hall–Kier alpha value is -1.71. The van der Waals surface area contributed by atoms with Gasteiger partial charge in [0.2, 0.25) is 0 Å². The van der Waals surface area contributed by atoms with Gasteiger partial charge in [0.25, 0.3) is 0 Å². The molecule has 1 N–H and O–H groups in total. The molecule has 1 aliphatic rings. The van der Waals surface area contributed by atoms with E-state index in [-0.39, 0.29) is 11.2 Å². The number of benzene rings is 1. The van der Waals surface area contributed by atoms with Crippen molar-refractivity contribution in [3.63, 3.8) is 0 Å². The molecule has 15 heavy (non-hydrogen) atoms. The van der Waals surface area contributed by atoms with E-state index in [4.69, 9.17) is 0 Å². The van der Waals surface area contributed by atoms with Crippen molar-refractivity contribution < 1.29 is 4.39 Å². The van der Waals surface area contributed by atoms with E-state index in [1.807, 2.05) is 6.07 Å². The van der Waals surface area contributed by atoms with E-state index in [1.54, 1.807) is 18.3 Å². The Morgan fingerprint density at radius 3 is 2.80 bits per heavy atom. The van der Waals surface area contributed by atoms with Crippen LogP contribution in [0.2, 0.25) is 0 Å². The van der Waals surface area contributed by atoms with E-state index in [2.05, 4.69) is 15.4 Å². The molecule has 1 aromatic carbocycles. The Bertz CT molecular complexity index is 474. The van der Waals surface area contributed by atoms with Crippen LogP contribution >= 0.6 is 0 Å². The third-order valence-corrected chi connectivity index (χ3v) is 3.03. The highest BCUT2D eigenvalue weighted by Crippen LogP contribution is 2.52. The summed E-state index contributed by atoms with van der Waals surface area (Å²) < 4.78 is 13.1. The molecular weight excluding hydrogens is 193 g/mol. The van der Waals surface area contributed by atoms with E-state index >= 15 is 0 Å². The standard InChI is InChI=1S/C11H10FN3/c12-9-3-1-2-8(6-9)11(4-5-11)10-7-13-15-14-10/h1-3,6-7H,4-5H2,(H,13,14,15). The van der Waals surface area contributed by atoms with Crippen LogP contribution in [0.1, 0.15) is 24.1 Å². The number of hydrogen-bond acceptors (Lipinski definition) is 2. The molecule has 2 aromatic rings. The van der Waals surface area contributed by atoms with Crippen molar-refractivity contribution in [2.45, 2.75) is 18.3 Å². The monoisotopic (exact) mass is 203 g/mol. The third-order valence-electron chi connectivity index (χ3n) is 3.03. The summed E-state index contributed by atoms with van der Waals surface area (Å²) in [5, 5.41) is 10.5. The van der Waals surface area contributed by atoms with Crippen molar-refractivity contribution in [1.29, 1.82) is 0 Å². The number of halogens is 1. The van der Waals surface area contributed by atoms with Crippen molar-refractivity contribution in [2.24, 2.45) is 0 Å². The van der Waals surface area contributed by atoms with Gasteiger partial charge in [0, 0.05) is 5.41 Å². The number of rotatable bonds is 2. The molecule has 3 nitrogen and oxygen atoms in total. The Kier molecular flexibility index (Phi) is 1.65. The lowest BCUT2D eigenvalue weighted by molar-refractivity contribution is 0.621. The van der Waals surface area contributed by atoms with E-state index < -0.39 is 0 Å². The van der Waals surface area contributed by atoms with Gasteiger partial charge >= 0.3 is 0 Å². The minimum atomic E-state index is -0.192. The number of nitrogens with zero attached hydrogens (tertiary/aromatic N) is 2. The number of H-pyrrole nitrogens is 1. The first-order valence-corrected chi connectivity index (χ1v) is 4.94. The molecule has 0 aliphatic heterocycles. The van der Waals surface area contributed by atoms with Gasteiger partial charge in [-0.2, -0.15) is 15.4 Å². The van der Waals surface area contributed by atoms with Crippen LogP contribution in [-0.4, -0.2) is 15.4 Å². The highest BCUT2D eigenvalue weighted by molar-refractivity contribution is 5.40. The van der Waals surface area contributed by atoms with Gasteiger partial charge in [-0.25, -0.2) is 4.39 Å². The van der Waals surface area contributed by atoms with Gasteiger partial charge in [0.1, 0.15) is 5.82 Å². The molecule has 0 spiro atoms. The zero-order valence-corrected chi connectivity index (χ0v) is 8.07. The summed E-state index contributed by atoms with van der Waals surface area (Å²) in [6, 6.07) is 6.74. The summed E-state index contributed by atoms with van der Waals surface area (Å²) in [7, 11) is 0. The fourth-order valence-corrected chi connectivity index (χ4v) is 2.04. The van der Waals surface area contributed by atoms with Gasteiger partial charge < -0.3 is 0 Å². The van der Waals surface area contributed by atoms with Crippen molar-refractivity contribution in [1.82, 2.24) is 15.4 Å². The average Bonchev–Trinajstić information content (AvgIpc) is 2.87. The zero-order valence-electron chi connectivity index (χ0n) is 8.07. The topological polar surface area (TPSA) is 41.6 Å². The Labute approximate surface area is 86.3 Å². The SMILES string of the molecule is Fc1cccc(C2(c3cn[nH]n3)CC2)c1. The Morgan fingerprint density at radius 2 is 2.20 bits per heavy atom. The van der Waals surface area contributed by atoms with Crippen LogP contribution in [0.4, 0.5) is 4.39 Å². The summed E-state index contributed by atoms with van der Waals surface area (Å²) in [5.41, 5.74) is 1.82. The van der Waals surface area contributed by atoms with Crippen molar-refractivity contribution in [3.05, 3.63) is 47.5 Å². The van der Waals surface area contributed by atoms with Gasteiger partial charge in [0.05, 0.1) is 11.9 Å². The first-order valence-electron chi connectivity index (χ1n) is 4.94. The quantitative estimate of drug-likeness (QED) is 0.811. The molecule has 1 fully saturated rings. The second-order valence-corrected chi connectivity index (χ2v) is 3.95. The first kappa shape index (κ1) is 8.59. The minimum Gasteiger partial charge on any atom is -0.207 e. The molecule has 0 amide bonds. The van der Waals surface area contributed by atoms with Crippen LogP contribution < -0.4 is 0 Å². The maximum Gasteiger partial charge on any atom is 0.123 e. The Balaban J connectivity index is 2.07. The molecule has 0 radical (unpaired) electrons. The van der Waals surface area contributed by atoms with Crippen LogP contribution in [0.5, 0.6) is 0 Å². The predicted molar refractivity (Wildman–Crippen MR) is 52.8 cm³/mol.